The molecule has 1 aliphatic rings. The lowest BCUT2D eigenvalue weighted by Crippen LogP contribution is -2.43. The highest BCUT2D eigenvalue weighted by Gasteiger charge is 2.27. The molecule has 5 N–H and O–H groups in total. The number of amides is 2. The van der Waals surface area contributed by atoms with Crippen LogP contribution in [0.15, 0.2) is 36.4 Å². The predicted octanol–water partition coefficient (Wildman–Crippen LogP) is 1.59. The largest absolute Gasteiger partial charge is 0.506 e. The molecule has 2 atom stereocenters. The number of aromatic hydroxyl groups is 1. The van der Waals surface area contributed by atoms with E-state index in [9.17, 15) is 24.9 Å². The van der Waals surface area contributed by atoms with Crippen molar-refractivity contribution in [1.82, 2.24) is 20.5 Å². The molecule has 9 heteroatoms. The summed E-state index contributed by atoms with van der Waals surface area (Å²) < 4.78 is 0. The van der Waals surface area contributed by atoms with Crippen molar-refractivity contribution in [1.29, 1.82) is 0 Å². The monoisotopic (exact) mass is 498 g/mol. The Hall–Kier alpha value is -3.01. The third kappa shape index (κ3) is 7.74. The molecule has 1 aliphatic heterocycles. The van der Waals surface area contributed by atoms with Gasteiger partial charge in [-0.05, 0) is 49.9 Å². The SMILES string of the molecule is CCC(=O)NC1CCN(C(=O)Cc2cccc(CC(C)(C)NCC(O)c3ccc(O)c(CO)n3)c2)C1. The molecule has 2 unspecified atom stereocenters. The summed E-state index contributed by atoms with van der Waals surface area (Å²) >= 11 is 0. The molecule has 0 saturated carbocycles. The van der Waals surface area contributed by atoms with E-state index in [1.165, 1.54) is 12.1 Å². The van der Waals surface area contributed by atoms with Gasteiger partial charge in [-0.2, -0.15) is 0 Å². The van der Waals surface area contributed by atoms with Gasteiger partial charge in [0.15, 0.2) is 0 Å². The molecule has 2 amide bonds. The second kappa shape index (κ2) is 12.3. The molecular formula is C27H38N4O5. The number of aliphatic hydroxyl groups excluding tert-OH is 2. The van der Waals surface area contributed by atoms with Crippen LogP contribution in [0.25, 0.3) is 0 Å². The first-order chi connectivity index (χ1) is 17.1. The van der Waals surface area contributed by atoms with Crippen molar-refractivity contribution in [2.45, 2.75) is 70.7 Å². The summed E-state index contributed by atoms with van der Waals surface area (Å²) in [5.41, 5.74) is 2.18. The molecule has 3 rings (SSSR count). The van der Waals surface area contributed by atoms with Crippen LogP contribution in [-0.2, 0) is 29.0 Å². The zero-order valence-corrected chi connectivity index (χ0v) is 21.3. The fourth-order valence-electron chi connectivity index (χ4n) is 4.43. The van der Waals surface area contributed by atoms with Gasteiger partial charge in [0, 0.05) is 37.6 Å². The molecule has 2 heterocycles. The summed E-state index contributed by atoms with van der Waals surface area (Å²) in [5, 5.41) is 35.8. The lowest BCUT2D eigenvalue weighted by molar-refractivity contribution is -0.129. The van der Waals surface area contributed by atoms with Crippen molar-refractivity contribution >= 4 is 11.8 Å². The normalized spacial score (nSPS) is 16.7. The van der Waals surface area contributed by atoms with Crippen molar-refractivity contribution in [3.8, 4) is 5.75 Å². The quantitative estimate of drug-likeness (QED) is 0.318. The number of benzene rings is 1. The lowest BCUT2D eigenvalue weighted by atomic mass is 9.93. The van der Waals surface area contributed by atoms with E-state index in [4.69, 9.17) is 0 Å². The van der Waals surface area contributed by atoms with Gasteiger partial charge < -0.3 is 30.9 Å². The van der Waals surface area contributed by atoms with Crippen molar-refractivity contribution in [3.63, 3.8) is 0 Å². The van der Waals surface area contributed by atoms with E-state index in [0.29, 0.717) is 38.0 Å². The van der Waals surface area contributed by atoms with Gasteiger partial charge in [0.2, 0.25) is 11.8 Å². The van der Waals surface area contributed by atoms with Gasteiger partial charge in [0.1, 0.15) is 17.5 Å². The van der Waals surface area contributed by atoms with E-state index in [1.807, 2.05) is 49.9 Å². The van der Waals surface area contributed by atoms with Crippen LogP contribution in [0.4, 0.5) is 0 Å². The van der Waals surface area contributed by atoms with Gasteiger partial charge in [-0.25, -0.2) is 4.98 Å². The van der Waals surface area contributed by atoms with Gasteiger partial charge in [-0.15, -0.1) is 0 Å². The number of pyridine rings is 1. The maximum Gasteiger partial charge on any atom is 0.227 e. The summed E-state index contributed by atoms with van der Waals surface area (Å²) in [6.45, 7) is 6.95. The Morgan fingerprint density at radius 1 is 1.22 bits per heavy atom. The Kier molecular flexibility index (Phi) is 9.42. The maximum absolute atomic E-state index is 12.8. The van der Waals surface area contributed by atoms with E-state index < -0.39 is 12.7 Å². The van der Waals surface area contributed by atoms with Crippen LogP contribution in [0.5, 0.6) is 5.75 Å². The Morgan fingerprint density at radius 2 is 1.97 bits per heavy atom. The molecule has 9 nitrogen and oxygen atoms in total. The van der Waals surface area contributed by atoms with Crippen LogP contribution < -0.4 is 10.6 Å². The van der Waals surface area contributed by atoms with Crippen molar-refractivity contribution in [3.05, 3.63) is 58.9 Å². The first-order valence-electron chi connectivity index (χ1n) is 12.5. The Balaban J connectivity index is 1.53. The summed E-state index contributed by atoms with van der Waals surface area (Å²) in [7, 11) is 0. The average Bonchev–Trinajstić information content (AvgIpc) is 3.31. The molecule has 0 bridgehead atoms. The molecule has 1 aromatic carbocycles. The third-order valence-corrected chi connectivity index (χ3v) is 6.46. The maximum atomic E-state index is 12.8. The van der Waals surface area contributed by atoms with E-state index >= 15 is 0 Å². The van der Waals surface area contributed by atoms with Crippen molar-refractivity contribution < 1.29 is 24.9 Å². The molecule has 1 fully saturated rings. The van der Waals surface area contributed by atoms with E-state index in [2.05, 4.69) is 15.6 Å². The third-order valence-electron chi connectivity index (χ3n) is 6.46. The van der Waals surface area contributed by atoms with E-state index in [0.717, 1.165) is 17.5 Å². The van der Waals surface area contributed by atoms with Gasteiger partial charge in [-0.3, -0.25) is 9.59 Å². The zero-order valence-electron chi connectivity index (χ0n) is 21.3. The first kappa shape index (κ1) is 27.6. The highest BCUT2D eigenvalue weighted by molar-refractivity contribution is 5.80. The summed E-state index contributed by atoms with van der Waals surface area (Å²) in [5.74, 6) is -0.0301. The number of β-amino-alcohol motifs (C(OH)–C–C–N with tert-alkyl or cyclic N) is 1. The number of carbonyl (C=O) groups is 2. The zero-order chi connectivity index (χ0) is 26.3. The summed E-state index contributed by atoms with van der Waals surface area (Å²) in [6, 6.07) is 10.9. The number of aliphatic hydroxyl groups is 2. The van der Waals surface area contributed by atoms with Crippen LogP contribution in [0, 0.1) is 0 Å². The molecule has 0 aliphatic carbocycles. The summed E-state index contributed by atoms with van der Waals surface area (Å²) in [6.07, 6.45) is 1.32. The number of hydrogen-bond acceptors (Lipinski definition) is 7. The second-order valence-electron chi connectivity index (χ2n) is 10.1. The fourth-order valence-corrected chi connectivity index (χ4v) is 4.43. The van der Waals surface area contributed by atoms with Crippen molar-refractivity contribution in [2.24, 2.45) is 0 Å². The molecule has 196 valence electrons. The summed E-state index contributed by atoms with van der Waals surface area (Å²) in [4.78, 5) is 30.4. The minimum absolute atomic E-state index is 0.0139. The van der Waals surface area contributed by atoms with Crippen LogP contribution in [-0.4, -0.2) is 68.2 Å². The number of likely N-dealkylation sites (tertiary alicyclic amines) is 1. The Labute approximate surface area is 212 Å². The van der Waals surface area contributed by atoms with Gasteiger partial charge in [0.05, 0.1) is 18.7 Å². The van der Waals surface area contributed by atoms with E-state index in [-0.39, 0.29) is 41.4 Å². The lowest BCUT2D eigenvalue weighted by Gasteiger charge is -2.28. The Morgan fingerprint density at radius 3 is 2.69 bits per heavy atom. The van der Waals surface area contributed by atoms with Gasteiger partial charge >= 0.3 is 0 Å². The topological polar surface area (TPSA) is 135 Å². The smallest absolute Gasteiger partial charge is 0.227 e. The standard InChI is InChI=1S/C27H38N4O5/c1-4-25(35)29-20-10-11-31(16-20)26(36)13-18-6-5-7-19(12-18)14-27(2,3)28-15-24(34)21-8-9-23(33)22(17-32)30-21/h5-9,12,20,24,28,32-34H,4,10-11,13-17H2,1-3H3,(H,29,35). The molecule has 2 aromatic rings. The molecule has 0 spiro atoms. The number of hydrogen-bond donors (Lipinski definition) is 5. The molecule has 1 aromatic heterocycles. The highest BCUT2D eigenvalue weighted by Crippen LogP contribution is 2.21. The predicted molar refractivity (Wildman–Crippen MR) is 136 cm³/mol. The average molecular weight is 499 g/mol. The van der Waals surface area contributed by atoms with Crippen molar-refractivity contribution in [2.75, 3.05) is 19.6 Å². The Bertz CT molecular complexity index is 1060. The number of aromatic nitrogens is 1. The number of carbonyl (C=O) groups excluding carboxylic acids is 2. The van der Waals surface area contributed by atoms with E-state index in [1.54, 1.807) is 0 Å². The number of nitrogens with one attached hydrogen (secondary N) is 2. The minimum atomic E-state index is -0.898. The molecule has 36 heavy (non-hydrogen) atoms. The van der Waals surface area contributed by atoms with Crippen LogP contribution in [0.1, 0.15) is 62.2 Å². The number of rotatable bonds is 11. The second-order valence-corrected chi connectivity index (χ2v) is 10.1. The first-order valence-corrected chi connectivity index (χ1v) is 12.5. The molecule has 0 radical (unpaired) electrons. The highest BCUT2D eigenvalue weighted by atomic mass is 16.3. The van der Waals surface area contributed by atoms with Gasteiger partial charge in [0.25, 0.3) is 0 Å². The fraction of sp³-hybridized carbons (Fsp3) is 0.519. The van der Waals surface area contributed by atoms with Crippen LogP contribution in [0.2, 0.25) is 0 Å². The van der Waals surface area contributed by atoms with Crippen LogP contribution >= 0.6 is 0 Å². The van der Waals surface area contributed by atoms with Crippen LogP contribution in [0.3, 0.4) is 0 Å². The molecular weight excluding hydrogens is 460 g/mol. The van der Waals surface area contributed by atoms with Gasteiger partial charge in [-0.1, -0.05) is 31.2 Å². The number of nitrogens with zero attached hydrogens (tertiary/aromatic N) is 2. The minimum Gasteiger partial charge on any atom is -0.506 e. The molecule has 1 saturated heterocycles.